The molecule has 0 aromatic heterocycles. The SMILES string of the molecule is CC(=O)Nc1ccc(S(=O)(=O)NC[C@H]2CC(=O)N(Cc3ccc(F)cc3)C2)cc1. The molecule has 3 rings (SSSR count). The zero-order valence-electron chi connectivity index (χ0n) is 15.9. The molecule has 2 amide bonds. The van der Waals surface area contributed by atoms with Gasteiger partial charge in [-0.05, 0) is 47.9 Å². The second-order valence-electron chi connectivity index (χ2n) is 7.03. The van der Waals surface area contributed by atoms with E-state index in [1.54, 1.807) is 17.0 Å². The number of nitrogens with zero attached hydrogens (tertiary/aromatic N) is 1. The van der Waals surface area contributed by atoms with Crippen molar-refractivity contribution in [1.82, 2.24) is 9.62 Å². The fourth-order valence-corrected chi connectivity index (χ4v) is 4.30. The van der Waals surface area contributed by atoms with Gasteiger partial charge >= 0.3 is 0 Å². The molecular weight excluding hydrogens is 397 g/mol. The molecule has 7 nitrogen and oxygen atoms in total. The lowest BCUT2D eigenvalue weighted by atomic mass is 10.1. The van der Waals surface area contributed by atoms with E-state index in [9.17, 15) is 22.4 Å². The summed E-state index contributed by atoms with van der Waals surface area (Å²) in [6, 6.07) is 11.8. The Hall–Kier alpha value is -2.78. The number of halogens is 1. The Morgan fingerprint density at radius 2 is 1.79 bits per heavy atom. The quantitative estimate of drug-likeness (QED) is 0.719. The minimum atomic E-state index is -3.73. The smallest absolute Gasteiger partial charge is 0.240 e. The number of benzene rings is 2. The van der Waals surface area contributed by atoms with Crippen molar-refractivity contribution in [3.05, 3.63) is 59.9 Å². The van der Waals surface area contributed by atoms with E-state index in [0.717, 1.165) is 5.56 Å². The lowest BCUT2D eigenvalue weighted by Crippen LogP contribution is -2.31. The van der Waals surface area contributed by atoms with Gasteiger partial charge in [0.2, 0.25) is 21.8 Å². The molecule has 1 aliphatic heterocycles. The summed E-state index contributed by atoms with van der Waals surface area (Å²) in [5.41, 5.74) is 1.33. The topological polar surface area (TPSA) is 95.6 Å². The predicted octanol–water partition coefficient (Wildman–Crippen LogP) is 2.11. The van der Waals surface area contributed by atoms with Gasteiger partial charge in [0.15, 0.2) is 0 Å². The summed E-state index contributed by atoms with van der Waals surface area (Å²) in [6.45, 7) is 2.31. The highest BCUT2D eigenvalue weighted by atomic mass is 32.2. The lowest BCUT2D eigenvalue weighted by Gasteiger charge is -2.17. The minimum absolute atomic E-state index is 0.0572. The maximum Gasteiger partial charge on any atom is 0.240 e. The van der Waals surface area contributed by atoms with Gasteiger partial charge in [-0.2, -0.15) is 0 Å². The van der Waals surface area contributed by atoms with Gasteiger partial charge in [0, 0.05) is 38.7 Å². The molecule has 154 valence electrons. The molecule has 0 aliphatic carbocycles. The molecular formula is C20H22FN3O4S. The maximum absolute atomic E-state index is 13.0. The van der Waals surface area contributed by atoms with Gasteiger partial charge in [-0.15, -0.1) is 0 Å². The minimum Gasteiger partial charge on any atom is -0.338 e. The maximum atomic E-state index is 13.0. The Balaban J connectivity index is 1.55. The Morgan fingerprint density at radius 3 is 2.41 bits per heavy atom. The highest BCUT2D eigenvalue weighted by molar-refractivity contribution is 7.89. The van der Waals surface area contributed by atoms with E-state index in [1.807, 2.05) is 0 Å². The molecule has 29 heavy (non-hydrogen) atoms. The van der Waals surface area contributed by atoms with Crippen LogP contribution in [0.5, 0.6) is 0 Å². The average molecular weight is 419 g/mol. The molecule has 0 saturated carbocycles. The highest BCUT2D eigenvalue weighted by Crippen LogP contribution is 2.21. The molecule has 9 heteroatoms. The number of rotatable bonds is 7. The summed E-state index contributed by atoms with van der Waals surface area (Å²) in [5.74, 6) is -0.775. The van der Waals surface area contributed by atoms with Crippen molar-refractivity contribution in [2.45, 2.75) is 24.8 Å². The summed E-state index contributed by atoms with van der Waals surface area (Å²) >= 11 is 0. The first kappa shape index (κ1) is 20.9. The monoisotopic (exact) mass is 419 g/mol. The van der Waals surface area contributed by atoms with E-state index in [-0.39, 0.29) is 41.4 Å². The van der Waals surface area contributed by atoms with Crippen LogP contribution in [0.2, 0.25) is 0 Å². The Morgan fingerprint density at radius 1 is 1.14 bits per heavy atom. The molecule has 2 N–H and O–H groups in total. The molecule has 1 saturated heterocycles. The summed E-state index contributed by atoms with van der Waals surface area (Å²) in [4.78, 5) is 25.0. The predicted molar refractivity (Wildman–Crippen MR) is 106 cm³/mol. The molecule has 1 aliphatic rings. The summed E-state index contributed by atoms with van der Waals surface area (Å²) in [5, 5.41) is 2.57. The Kier molecular flexibility index (Phi) is 6.29. The normalized spacial score (nSPS) is 16.8. The van der Waals surface area contributed by atoms with Gasteiger partial charge in [0.1, 0.15) is 5.82 Å². The molecule has 1 fully saturated rings. The van der Waals surface area contributed by atoms with Crippen LogP contribution in [0, 0.1) is 11.7 Å². The number of nitrogens with one attached hydrogen (secondary N) is 2. The van der Waals surface area contributed by atoms with E-state index >= 15 is 0 Å². The largest absolute Gasteiger partial charge is 0.338 e. The molecule has 2 aromatic carbocycles. The highest BCUT2D eigenvalue weighted by Gasteiger charge is 2.30. The first-order chi connectivity index (χ1) is 13.7. The summed E-state index contributed by atoms with van der Waals surface area (Å²) in [7, 11) is -3.73. The van der Waals surface area contributed by atoms with Crippen molar-refractivity contribution in [1.29, 1.82) is 0 Å². The average Bonchev–Trinajstić information content (AvgIpc) is 3.02. The second-order valence-corrected chi connectivity index (χ2v) is 8.80. The van der Waals surface area contributed by atoms with Crippen LogP contribution in [0.25, 0.3) is 0 Å². The number of carbonyl (C=O) groups excluding carboxylic acids is 2. The van der Waals surface area contributed by atoms with Crippen LogP contribution in [0.1, 0.15) is 18.9 Å². The van der Waals surface area contributed by atoms with E-state index in [2.05, 4.69) is 10.0 Å². The van der Waals surface area contributed by atoms with Gasteiger partial charge in [0.05, 0.1) is 4.90 Å². The summed E-state index contributed by atoms with van der Waals surface area (Å²) < 4.78 is 40.5. The van der Waals surface area contributed by atoms with E-state index in [0.29, 0.717) is 18.8 Å². The third-order valence-corrected chi connectivity index (χ3v) is 6.07. The first-order valence-corrected chi connectivity index (χ1v) is 10.6. The first-order valence-electron chi connectivity index (χ1n) is 9.12. The van der Waals surface area contributed by atoms with Crippen molar-refractivity contribution < 1.29 is 22.4 Å². The lowest BCUT2D eigenvalue weighted by molar-refractivity contribution is -0.128. The van der Waals surface area contributed by atoms with Crippen LogP contribution in [0.4, 0.5) is 10.1 Å². The van der Waals surface area contributed by atoms with Gasteiger partial charge < -0.3 is 10.2 Å². The van der Waals surface area contributed by atoms with Crippen LogP contribution in [0.3, 0.4) is 0 Å². The van der Waals surface area contributed by atoms with Crippen molar-refractivity contribution in [2.75, 3.05) is 18.4 Å². The fourth-order valence-electron chi connectivity index (χ4n) is 3.19. The number of hydrogen-bond donors (Lipinski definition) is 2. The molecule has 1 atom stereocenters. The molecule has 0 bridgehead atoms. The van der Waals surface area contributed by atoms with Gasteiger partial charge in [0.25, 0.3) is 0 Å². The molecule has 0 unspecified atom stereocenters. The van der Waals surface area contributed by atoms with Crippen molar-refractivity contribution in [3.63, 3.8) is 0 Å². The van der Waals surface area contributed by atoms with E-state index < -0.39 is 10.0 Å². The Bertz CT molecular complexity index is 991. The zero-order chi connectivity index (χ0) is 21.0. The van der Waals surface area contributed by atoms with Crippen LogP contribution in [-0.4, -0.2) is 38.2 Å². The van der Waals surface area contributed by atoms with Crippen molar-refractivity contribution in [3.8, 4) is 0 Å². The summed E-state index contributed by atoms with van der Waals surface area (Å²) in [6.07, 6.45) is 0.255. The third kappa shape index (κ3) is 5.61. The third-order valence-electron chi connectivity index (χ3n) is 4.63. The van der Waals surface area contributed by atoms with Crippen LogP contribution >= 0.6 is 0 Å². The van der Waals surface area contributed by atoms with E-state index in [1.165, 1.54) is 43.3 Å². The van der Waals surface area contributed by atoms with E-state index in [4.69, 9.17) is 0 Å². The van der Waals surface area contributed by atoms with Gasteiger partial charge in [-0.25, -0.2) is 17.5 Å². The number of anilines is 1. The molecule has 1 heterocycles. The van der Waals surface area contributed by atoms with Crippen LogP contribution in [0.15, 0.2) is 53.4 Å². The fraction of sp³-hybridized carbons (Fsp3) is 0.300. The van der Waals surface area contributed by atoms with Crippen molar-refractivity contribution >= 4 is 27.5 Å². The number of hydrogen-bond acceptors (Lipinski definition) is 4. The van der Waals surface area contributed by atoms with Crippen LogP contribution in [-0.2, 0) is 26.2 Å². The standard InChI is InChI=1S/C20H22FN3O4S/c1-14(25)23-18-6-8-19(9-7-18)29(27,28)22-11-16-10-20(26)24(13-16)12-15-2-4-17(21)5-3-15/h2-9,16,22H,10-13H2,1H3,(H,23,25)/t16-/m1/s1. The molecule has 0 radical (unpaired) electrons. The Labute approximate surface area is 169 Å². The molecule has 2 aromatic rings. The second kappa shape index (κ2) is 8.71. The van der Waals surface area contributed by atoms with Crippen molar-refractivity contribution in [2.24, 2.45) is 5.92 Å². The number of sulfonamides is 1. The number of carbonyl (C=O) groups is 2. The molecule has 0 spiro atoms. The number of likely N-dealkylation sites (tertiary alicyclic amines) is 1. The van der Waals surface area contributed by atoms with Crippen LogP contribution < -0.4 is 10.0 Å². The van der Waals surface area contributed by atoms with Gasteiger partial charge in [-0.3, -0.25) is 9.59 Å². The number of amides is 2. The zero-order valence-corrected chi connectivity index (χ0v) is 16.7. The van der Waals surface area contributed by atoms with Gasteiger partial charge in [-0.1, -0.05) is 12.1 Å².